The lowest BCUT2D eigenvalue weighted by molar-refractivity contribution is -0.138. The van der Waals surface area contributed by atoms with Gasteiger partial charge in [0.2, 0.25) is 26.1 Å². The molecule has 0 atom stereocenters. The summed E-state index contributed by atoms with van der Waals surface area (Å²) in [5.74, 6) is -0.103. The lowest BCUT2D eigenvalue weighted by atomic mass is 9.95. The molecule has 3 fully saturated rings. The van der Waals surface area contributed by atoms with E-state index in [0.717, 1.165) is 19.6 Å². The number of rotatable bonds is 0. The van der Waals surface area contributed by atoms with Crippen molar-refractivity contribution < 1.29 is 14.4 Å². The summed E-state index contributed by atoms with van der Waals surface area (Å²) in [5.41, 5.74) is -1.13. The maximum atomic E-state index is 13.2. The Balaban J connectivity index is 2.55. The Morgan fingerprint density at radius 1 is 0.654 bits per heavy atom. The van der Waals surface area contributed by atoms with Gasteiger partial charge in [-0.25, -0.2) is 0 Å². The van der Waals surface area contributed by atoms with Crippen molar-refractivity contribution in [2.45, 2.75) is 48.5 Å². The van der Waals surface area contributed by atoms with Crippen molar-refractivity contribution in [2.24, 2.45) is 10.8 Å². The Morgan fingerprint density at radius 3 is 1.31 bits per heavy atom. The van der Waals surface area contributed by atoms with Gasteiger partial charge in [0.25, 0.3) is 0 Å². The molecule has 0 saturated carbocycles. The van der Waals surface area contributed by atoms with Gasteiger partial charge < -0.3 is 0 Å². The molecule has 7 nitrogen and oxygen atoms in total. The fourth-order valence-electron chi connectivity index (χ4n) is 3.13. The first kappa shape index (κ1) is 21.1. The summed E-state index contributed by atoms with van der Waals surface area (Å²) < 4.78 is 5.34. The Hall–Kier alpha value is -1.20. The number of nitrogens with zero attached hydrogens (tertiary/aromatic N) is 4. The summed E-state index contributed by atoms with van der Waals surface area (Å²) >= 11 is 0. The van der Waals surface area contributed by atoms with E-state index in [0.29, 0.717) is 19.6 Å². The highest BCUT2D eigenvalue weighted by atomic mass is 31.2. The fraction of sp³-hybridized carbons (Fsp3) is 0.833. The van der Waals surface area contributed by atoms with Gasteiger partial charge in [-0.2, -0.15) is 0 Å². The van der Waals surface area contributed by atoms with Crippen LogP contribution in [0.25, 0.3) is 0 Å². The summed E-state index contributed by atoms with van der Waals surface area (Å²) in [5, 5.41) is 0. The zero-order chi connectivity index (χ0) is 19.9. The van der Waals surface area contributed by atoms with Crippen LogP contribution < -0.4 is 0 Å². The van der Waals surface area contributed by atoms with Crippen LogP contribution in [-0.4, -0.2) is 75.9 Å². The smallest absolute Gasteiger partial charge is 0.233 e. The molecule has 0 unspecified atom stereocenters. The van der Waals surface area contributed by atoms with Crippen LogP contribution in [0, 0.1) is 10.8 Å². The van der Waals surface area contributed by atoms with E-state index in [1.54, 1.807) is 14.0 Å². The number of fused-ring (bicyclic) bond motifs is 6. The van der Waals surface area contributed by atoms with Gasteiger partial charge >= 0.3 is 0 Å². The van der Waals surface area contributed by atoms with Crippen LogP contribution in [0.15, 0.2) is 0 Å². The molecule has 148 valence electrons. The third-order valence-corrected chi connectivity index (χ3v) is 7.19. The zero-order valence-corrected chi connectivity index (χ0v) is 18.1. The second-order valence-electron chi connectivity index (χ2n) is 9.11. The van der Waals surface area contributed by atoms with Crippen molar-refractivity contribution in [3.8, 4) is 0 Å². The van der Waals surface area contributed by atoms with Crippen LogP contribution in [0.2, 0.25) is 0 Å². The third-order valence-electron chi connectivity index (χ3n) is 4.65. The first-order valence-corrected chi connectivity index (χ1v) is 10.5. The highest BCUT2D eigenvalue weighted by Crippen LogP contribution is 2.52. The van der Waals surface area contributed by atoms with Crippen LogP contribution in [-0.2, 0) is 14.4 Å². The minimum absolute atomic E-state index is 0.00896. The molecule has 3 rings (SSSR count). The largest absolute Gasteiger partial charge is 0.298 e. The lowest BCUT2D eigenvalue weighted by Gasteiger charge is -2.51. The van der Waals surface area contributed by atoms with E-state index in [-0.39, 0.29) is 17.7 Å². The number of carbonyl (C=O) groups is 3. The Bertz CT molecular complexity index is 544. The average Bonchev–Trinajstić information content (AvgIpc) is 2.43. The Kier molecular flexibility index (Phi) is 6.03. The number of hydrogen-bond donors (Lipinski definition) is 0. The number of carbonyl (C=O) groups excluding carboxylic acids is 3. The van der Waals surface area contributed by atoms with E-state index in [1.807, 2.05) is 41.5 Å². The number of hydrogen-bond acceptors (Lipinski definition) is 4. The van der Waals surface area contributed by atoms with E-state index < -0.39 is 19.2 Å². The van der Waals surface area contributed by atoms with Gasteiger partial charge in [0.05, 0.1) is 0 Å². The van der Waals surface area contributed by atoms with Crippen LogP contribution in [0.5, 0.6) is 0 Å². The highest BCUT2D eigenvalue weighted by Gasteiger charge is 2.46. The van der Waals surface area contributed by atoms with Crippen molar-refractivity contribution in [3.05, 3.63) is 0 Å². The molecule has 3 aliphatic heterocycles. The van der Waals surface area contributed by atoms with E-state index in [2.05, 4.69) is 4.90 Å². The number of amides is 3. The highest BCUT2D eigenvalue weighted by molar-refractivity contribution is 7.52. The average molecular weight is 384 g/mol. The van der Waals surface area contributed by atoms with Crippen LogP contribution in [0.1, 0.15) is 48.5 Å². The van der Waals surface area contributed by atoms with Gasteiger partial charge in [-0.15, -0.1) is 0 Å². The van der Waals surface area contributed by atoms with E-state index in [1.165, 1.54) is 6.92 Å². The van der Waals surface area contributed by atoms with Gasteiger partial charge in [0.1, 0.15) is 0 Å². The van der Waals surface area contributed by atoms with Crippen LogP contribution in [0.3, 0.4) is 0 Å². The molecule has 0 spiro atoms. The maximum Gasteiger partial charge on any atom is 0.233 e. The molecule has 26 heavy (non-hydrogen) atoms. The third kappa shape index (κ3) is 4.37. The van der Waals surface area contributed by atoms with Gasteiger partial charge in [-0.05, 0) is 0 Å². The van der Waals surface area contributed by atoms with Crippen molar-refractivity contribution in [1.82, 2.24) is 18.9 Å². The van der Waals surface area contributed by atoms with Crippen LogP contribution >= 0.6 is 8.37 Å². The maximum absolute atomic E-state index is 13.2. The Morgan fingerprint density at radius 2 is 1.00 bits per heavy atom. The standard InChI is InChI=1S/C18H33N4O3P/c1-14(23)20-11-8-19-9-12-21(15(24)17(2,3)4)26(20)22(13-10-19)16(25)18(5,6)7/h8-13H2,1-7H3. The molecule has 3 heterocycles. The topological polar surface area (TPSA) is 64.2 Å². The normalized spacial score (nSPS) is 24.8. The molecular formula is C18H33N4O3P. The molecular weight excluding hydrogens is 351 g/mol. The second kappa shape index (κ2) is 7.43. The van der Waals surface area contributed by atoms with Gasteiger partial charge in [0.15, 0.2) is 0 Å². The van der Waals surface area contributed by atoms with E-state index in [4.69, 9.17) is 0 Å². The second-order valence-corrected chi connectivity index (χ2v) is 11.1. The SMILES string of the molecule is CC(=O)N1CCN2CCN(C(=O)C(C)(C)C)P1N(C(=O)C(C)(C)C)CC2. The summed E-state index contributed by atoms with van der Waals surface area (Å²) in [6, 6.07) is 0. The fourth-order valence-corrected chi connectivity index (χ4v) is 5.89. The molecule has 3 saturated heterocycles. The predicted octanol–water partition coefficient (Wildman–Crippen LogP) is 2.14. The monoisotopic (exact) mass is 384 g/mol. The minimum Gasteiger partial charge on any atom is -0.298 e. The van der Waals surface area contributed by atoms with E-state index >= 15 is 0 Å². The molecule has 0 radical (unpaired) electrons. The molecule has 0 aromatic carbocycles. The first-order chi connectivity index (χ1) is 11.8. The lowest BCUT2D eigenvalue weighted by Crippen LogP contribution is -2.57. The minimum atomic E-state index is -1.49. The summed E-state index contributed by atoms with van der Waals surface area (Å²) in [6.07, 6.45) is 0. The van der Waals surface area contributed by atoms with Gasteiger partial charge in [0, 0.05) is 57.0 Å². The molecule has 0 N–H and O–H groups in total. The van der Waals surface area contributed by atoms with Crippen molar-refractivity contribution in [2.75, 3.05) is 39.3 Å². The summed E-state index contributed by atoms with van der Waals surface area (Å²) in [4.78, 5) is 41.1. The molecule has 0 aromatic rings. The molecule has 3 aliphatic rings. The molecule has 0 aliphatic carbocycles. The predicted molar refractivity (Wildman–Crippen MR) is 103 cm³/mol. The Labute approximate surface area is 158 Å². The van der Waals surface area contributed by atoms with Crippen molar-refractivity contribution >= 4 is 26.1 Å². The van der Waals surface area contributed by atoms with Crippen molar-refractivity contribution in [1.29, 1.82) is 0 Å². The van der Waals surface area contributed by atoms with E-state index in [9.17, 15) is 14.4 Å². The summed E-state index contributed by atoms with van der Waals surface area (Å²) in [6.45, 7) is 16.8. The first-order valence-electron chi connectivity index (χ1n) is 9.28. The molecule has 3 amide bonds. The molecule has 8 heteroatoms. The molecule has 0 aromatic heterocycles. The summed E-state index contributed by atoms with van der Waals surface area (Å²) in [7, 11) is -1.49. The van der Waals surface area contributed by atoms with Gasteiger partial charge in [-0.1, -0.05) is 41.5 Å². The van der Waals surface area contributed by atoms with Gasteiger partial charge in [-0.3, -0.25) is 33.3 Å². The van der Waals surface area contributed by atoms with Crippen molar-refractivity contribution in [3.63, 3.8) is 0 Å². The molecule has 2 bridgehead atoms. The van der Waals surface area contributed by atoms with Crippen LogP contribution in [0.4, 0.5) is 0 Å². The quantitative estimate of drug-likeness (QED) is 0.601. The zero-order valence-electron chi connectivity index (χ0n) is 17.2.